The van der Waals surface area contributed by atoms with E-state index < -0.39 is 23.2 Å². The average molecular weight is 433 g/mol. The van der Waals surface area contributed by atoms with E-state index in [1.54, 1.807) is 0 Å². The van der Waals surface area contributed by atoms with Crippen molar-refractivity contribution in [2.45, 2.75) is 33.1 Å². The third-order valence-corrected chi connectivity index (χ3v) is 4.67. The molecule has 0 atom stereocenters. The number of hydrogen-bond donors (Lipinski definition) is 0. The second kappa shape index (κ2) is 9.20. The fraction of sp³-hybridized carbons (Fsp3) is 0.318. The molecule has 1 aromatic heterocycles. The summed E-state index contributed by atoms with van der Waals surface area (Å²) >= 11 is 0. The second-order valence-corrected chi connectivity index (χ2v) is 7.18. The molecule has 0 aliphatic heterocycles. The van der Waals surface area contributed by atoms with Crippen molar-refractivity contribution >= 4 is 5.91 Å². The Labute approximate surface area is 177 Å². The van der Waals surface area contributed by atoms with E-state index in [1.807, 2.05) is 32.0 Å². The van der Waals surface area contributed by atoms with Crippen molar-refractivity contribution < 1.29 is 27.2 Å². The molecule has 3 aromatic rings. The Morgan fingerprint density at radius 2 is 1.90 bits per heavy atom. The number of nitrogens with zero attached hydrogens (tertiary/aromatic N) is 3. The highest BCUT2D eigenvalue weighted by Gasteiger charge is 2.35. The summed E-state index contributed by atoms with van der Waals surface area (Å²) < 4.78 is 50.3. The summed E-state index contributed by atoms with van der Waals surface area (Å²) in [5, 5.41) is 3.84. The molecule has 0 radical (unpaired) electrons. The Morgan fingerprint density at radius 1 is 1.16 bits per heavy atom. The number of benzene rings is 2. The van der Waals surface area contributed by atoms with Gasteiger partial charge in [0.1, 0.15) is 5.75 Å². The predicted octanol–water partition coefficient (Wildman–Crippen LogP) is 4.60. The smallest absolute Gasteiger partial charge is 0.417 e. The van der Waals surface area contributed by atoms with Crippen LogP contribution < -0.4 is 4.74 Å². The van der Waals surface area contributed by atoms with Crippen LogP contribution in [0.4, 0.5) is 13.2 Å². The molecule has 0 saturated heterocycles. The molecule has 0 saturated carbocycles. The topological polar surface area (TPSA) is 68.5 Å². The molecule has 0 fully saturated rings. The zero-order valence-corrected chi connectivity index (χ0v) is 17.4. The largest absolute Gasteiger partial charge is 0.483 e. The van der Waals surface area contributed by atoms with E-state index >= 15 is 0 Å². The average Bonchev–Trinajstić information content (AvgIpc) is 3.18. The molecule has 3 rings (SSSR count). The maximum Gasteiger partial charge on any atom is 0.417 e. The van der Waals surface area contributed by atoms with Crippen LogP contribution in [0.15, 0.2) is 47.0 Å². The first-order valence-electron chi connectivity index (χ1n) is 9.58. The number of aromatic nitrogens is 2. The third kappa shape index (κ3) is 5.62. The predicted molar refractivity (Wildman–Crippen MR) is 107 cm³/mol. The van der Waals surface area contributed by atoms with Gasteiger partial charge in [0.25, 0.3) is 11.8 Å². The number of amides is 1. The van der Waals surface area contributed by atoms with Gasteiger partial charge in [-0.25, -0.2) is 0 Å². The van der Waals surface area contributed by atoms with Crippen molar-refractivity contribution in [3.05, 3.63) is 76.4 Å². The van der Waals surface area contributed by atoms with E-state index in [1.165, 1.54) is 30.1 Å². The van der Waals surface area contributed by atoms with Gasteiger partial charge in [-0.15, -0.1) is 0 Å². The number of carbonyl (C=O) groups is 1. The van der Waals surface area contributed by atoms with Gasteiger partial charge in [0, 0.05) is 20.0 Å². The van der Waals surface area contributed by atoms with Crippen molar-refractivity contribution in [1.82, 2.24) is 15.0 Å². The number of alkyl halides is 3. The van der Waals surface area contributed by atoms with E-state index in [9.17, 15) is 18.0 Å². The highest BCUT2D eigenvalue weighted by molar-refractivity contribution is 5.95. The highest BCUT2D eigenvalue weighted by Crippen LogP contribution is 2.32. The van der Waals surface area contributed by atoms with E-state index in [-0.39, 0.29) is 25.5 Å². The van der Waals surface area contributed by atoms with Gasteiger partial charge in [-0.1, -0.05) is 35.0 Å². The fourth-order valence-corrected chi connectivity index (χ4v) is 3.04. The molecule has 0 bridgehead atoms. The first-order valence-corrected chi connectivity index (χ1v) is 9.58. The van der Waals surface area contributed by atoms with Crippen molar-refractivity contribution in [3.63, 3.8) is 0 Å². The second-order valence-electron chi connectivity index (χ2n) is 7.18. The minimum absolute atomic E-state index is 0.0879. The third-order valence-electron chi connectivity index (χ3n) is 4.67. The van der Waals surface area contributed by atoms with Gasteiger partial charge in [0.05, 0.1) is 11.1 Å². The Morgan fingerprint density at radius 3 is 2.61 bits per heavy atom. The minimum atomic E-state index is -4.61. The van der Waals surface area contributed by atoms with Crippen LogP contribution in [-0.2, 0) is 19.2 Å². The monoisotopic (exact) mass is 433 g/mol. The SMILES string of the molecule is Cc1ccc(OCc2nc(CCN(C)C(=O)c3ccccc3C(F)(F)F)no2)c(C)c1. The van der Waals surface area contributed by atoms with Crippen LogP contribution in [0.25, 0.3) is 0 Å². The molecule has 9 heteroatoms. The standard InChI is InChI=1S/C22H22F3N3O3/c1-14-8-9-18(15(2)12-14)30-13-20-26-19(27-31-20)10-11-28(3)21(29)16-6-4-5-7-17(16)22(23,24)25/h4-9,12H,10-11,13H2,1-3H3. The van der Waals surface area contributed by atoms with Gasteiger partial charge in [-0.05, 0) is 37.6 Å². The van der Waals surface area contributed by atoms with Crippen molar-refractivity contribution in [1.29, 1.82) is 0 Å². The molecular weight excluding hydrogens is 411 g/mol. The van der Waals surface area contributed by atoms with Crippen LogP contribution in [0.2, 0.25) is 0 Å². The van der Waals surface area contributed by atoms with Gasteiger partial charge in [0.15, 0.2) is 12.4 Å². The molecule has 0 N–H and O–H groups in total. The molecule has 6 nitrogen and oxygen atoms in total. The van der Waals surface area contributed by atoms with Crippen LogP contribution in [0.5, 0.6) is 5.75 Å². The molecule has 2 aromatic carbocycles. The Kier molecular flexibility index (Phi) is 6.62. The number of likely N-dealkylation sites (N-methyl/N-ethyl adjacent to an activating group) is 1. The lowest BCUT2D eigenvalue weighted by Crippen LogP contribution is -2.30. The van der Waals surface area contributed by atoms with Gasteiger partial charge >= 0.3 is 6.18 Å². The molecule has 1 heterocycles. The summed E-state index contributed by atoms with van der Waals surface area (Å²) in [5.41, 5.74) is 0.755. The van der Waals surface area contributed by atoms with E-state index in [4.69, 9.17) is 9.26 Å². The van der Waals surface area contributed by atoms with E-state index in [0.29, 0.717) is 11.6 Å². The van der Waals surface area contributed by atoms with Crippen LogP contribution in [0.1, 0.15) is 38.8 Å². The number of halogens is 3. The van der Waals surface area contributed by atoms with Crippen LogP contribution in [0.3, 0.4) is 0 Å². The summed E-state index contributed by atoms with van der Waals surface area (Å²) in [6.45, 7) is 4.14. The van der Waals surface area contributed by atoms with Gasteiger partial charge in [0.2, 0.25) is 0 Å². The lowest BCUT2D eigenvalue weighted by Gasteiger charge is -2.19. The molecule has 0 aliphatic rings. The maximum atomic E-state index is 13.2. The molecule has 1 amide bonds. The van der Waals surface area contributed by atoms with Crippen LogP contribution >= 0.6 is 0 Å². The van der Waals surface area contributed by atoms with Crippen LogP contribution in [0, 0.1) is 13.8 Å². The number of carbonyl (C=O) groups excluding carboxylic acids is 1. The van der Waals surface area contributed by atoms with Gasteiger partial charge in [-0.3, -0.25) is 4.79 Å². The first kappa shape index (κ1) is 22.3. The lowest BCUT2D eigenvalue weighted by molar-refractivity contribution is -0.138. The van der Waals surface area contributed by atoms with E-state index in [0.717, 1.165) is 17.2 Å². The van der Waals surface area contributed by atoms with Crippen LogP contribution in [-0.4, -0.2) is 34.5 Å². The van der Waals surface area contributed by atoms with Crippen molar-refractivity contribution in [3.8, 4) is 5.75 Å². The van der Waals surface area contributed by atoms with Crippen molar-refractivity contribution in [2.75, 3.05) is 13.6 Å². The van der Waals surface area contributed by atoms with Gasteiger partial charge < -0.3 is 14.2 Å². The van der Waals surface area contributed by atoms with E-state index in [2.05, 4.69) is 10.1 Å². The zero-order valence-electron chi connectivity index (χ0n) is 17.4. The molecule has 0 spiro atoms. The fourth-order valence-electron chi connectivity index (χ4n) is 3.04. The number of rotatable bonds is 7. The summed E-state index contributed by atoms with van der Waals surface area (Å²) in [6.07, 6.45) is -4.38. The van der Waals surface area contributed by atoms with Gasteiger partial charge in [-0.2, -0.15) is 18.2 Å². The Balaban J connectivity index is 1.57. The molecule has 164 valence electrons. The first-order chi connectivity index (χ1) is 14.6. The highest BCUT2D eigenvalue weighted by atomic mass is 19.4. The molecular formula is C22H22F3N3O3. The summed E-state index contributed by atoms with van der Waals surface area (Å²) in [4.78, 5) is 17.9. The quantitative estimate of drug-likeness (QED) is 0.545. The van der Waals surface area contributed by atoms with Crippen molar-refractivity contribution in [2.24, 2.45) is 0 Å². The molecule has 0 aliphatic carbocycles. The Hall–Kier alpha value is -3.36. The maximum absolute atomic E-state index is 13.2. The zero-order chi connectivity index (χ0) is 22.6. The summed E-state index contributed by atoms with van der Waals surface area (Å²) in [6, 6.07) is 10.5. The Bertz CT molecular complexity index is 1060. The molecule has 0 unspecified atom stereocenters. The molecule has 31 heavy (non-hydrogen) atoms. The number of aryl methyl sites for hydroxylation is 2. The summed E-state index contributed by atoms with van der Waals surface area (Å²) in [7, 11) is 1.43. The number of ether oxygens (including phenoxy) is 1. The lowest BCUT2D eigenvalue weighted by atomic mass is 10.1. The minimum Gasteiger partial charge on any atom is -0.483 e. The number of hydrogen-bond acceptors (Lipinski definition) is 5. The summed E-state index contributed by atoms with van der Waals surface area (Å²) in [5.74, 6) is 0.586. The normalized spacial score (nSPS) is 11.4.